The summed E-state index contributed by atoms with van der Waals surface area (Å²) >= 11 is 0. The van der Waals surface area contributed by atoms with Crippen LogP contribution in [0, 0.1) is 30.1 Å². The van der Waals surface area contributed by atoms with Gasteiger partial charge in [0.05, 0.1) is 18.8 Å². The largest absolute Gasteiger partial charge is 0.493 e. The summed E-state index contributed by atoms with van der Waals surface area (Å²) in [6.07, 6.45) is 7.85. The van der Waals surface area contributed by atoms with E-state index in [9.17, 15) is 10.1 Å². The Hall–Kier alpha value is -3.28. The van der Waals surface area contributed by atoms with Crippen LogP contribution in [0.3, 0.4) is 0 Å². The van der Waals surface area contributed by atoms with Gasteiger partial charge in [-0.05, 0) is 101 Å². The van der Waals surface area contributed by atoms with Gasteiger partial charge in [0.25, 0.3) is 0 Å². The van der Waals surface area contributed by atoms with Crippen molar-refractivity contribution >= 4 is 16.8 Å². The van der Waals surface area contributed by atoms with Crippen molar-refractivity contribution in [3.8, 4) is 23.1 Å². The van der Waals surface area contributed by atoms with E-state index >= 15 is 0 Å². The Bertz CT molecular complexity index is 1310. The zero-order valence-corrected chi connectivity index (χ0v) is 22.5. The van der Waals surface area contributed by atoms with Crippen LogP contribution in [0.2, 0.25) is 0 Å². The summed E-state index contributed by atoms with van der Waals surface area (Å²) in [7, 11) is 2.13. The predicted octanol–water partition coefficient (Wildman–Crippen LogP) is 4.77. The zero-order chi connectivity index (χ0) is 26.5. The third kappa shape index (κ3) is 6.23. The molecule has 0 N–H and O–H groups in total. The molecule has 0 aliphatic carbocycles. The molecule has 5 rings (SSSR count). The first-order valence-corrected chi connectivity index (χ1v) is 13.8. The lowest BCUT2D eigenvalue weighted by Crippen LogP contribution is -2.31. The number of piperidine rings is 1. The number of likely N-dealkylation sites (tertiary alicyclic amines) is 1. The van der Waals surface area contributed by atoms with E-state index in [0.29, 0.717) is 36.2 Å². The van der Waals surface area contributed by atoms with Crippen LogP contribution in [0.1, 0.15) is 49.9 Å². The molecule has 0 unspecified atom stereocenters. The summed E-state index contributed by atoms with van der Waals surface area (Å²) in [5, 5.41) is 10.5. The number of carbonyl (C=O) groups is 1. The Morgan fingerprint density at radius 3 is 2.66 bits per heavy atom. The Labute approximate surface area is 224 Å². The summed E-state index contributed by atoms with van der Waals surface area (Å²) in [5.74, 6) is 2.28. The number of aromatic nitrogens is 3. The quantitative estimate of drug-likeness (QED) is 0.405. The smallest absolute Gasteiger partial charge is 0.234 e. The second kappa shape index (κ2) is 12.1. The number of nitrogens with zero attached hydrogens (tertiary/aromatic N) is 5. The second-order valence-corrected chi connectivity index (χ2v) is 10.9. The van der Waals surface area contributed by atoms with Crippen molar-refractivity contribution in [3.63, 3.8) is 0 Å². The van der Waals surface area contributed by atoms with Crippen molar-refractivity contribution in [1.82, 2.24) is 19.4 Å². The summed E-state index contributed by atoms with van der Waals surface area (Å²) in [5.41, 5.74) is 3.24. The molecule has 38 heavy (non-hydrogen) atoms. The van der Waals surface area contributed by atoms with Gasteiger partial charge in [0.2, 0.25) is 5.82 Å². The minimum Gasteiger partial charge on any atom is -0.493 e. The topological polar surface area (TPSA) is 93.3 Å². The molecule has 3 aromatic rings. The first kappa shape index (κ1) is 26.3. The maximum Gasteiger partial charge on any atom is 0.234 e. The summed E-state index contributed by atoms with van der Waals surface area (Å²) in [6.45, 7) is 6.78. The molecule has 2 fully saturated rings. The van der Waals surface area contributed by atoms with Gasteiger partial charge in [0.15, 0.2) is 5.78 Å². The maximum atomic E-state index is 12.9. The number of benzene rings is 1. The van der Waals surface area contributed by atoms with Crippen molar-refractivity contribution < 1.29 is 14.3 Å². The Kier molecular flexibility index (Phi) is 8.35. The van der Waals surface area contributed by atoms with Gasteiger partial charge in [-0.2, -0.15) is 5.26 Å². The van der Waals surface area contributed by atoms with Crippen molar-refractivity contribution in [3.05, 3.63) is 41.9 Å². The van der Waals surface area contributed by atoms with Crippen LogP contribution in [0.4, 0.5) is 0 Å². The molecule has 2 aliphatic heterocycles. The number of ether oxygens (including phenoxy) is 2. The highest BCUT2D eigenvalue weighted by Crippen LogP contribution is 2.31. The summed E-state index contributed by atoms with van der Waals surface area (Å²) in [4.78, 5) is 24.3. The number of hydrogen-bond acceptors (Lipinski definition) is 7. The first-order valence-electron chi connectivity index (χ1n) is 13.8. The van der Waals surface area contributed by atoms with E-state index in [1.54, 1.807) is 0 Å². The zero-order valence-electron chi connectivity index (χ0n) is 22.5. The van der Waals surface area contributed by atoms with Gasteiger partial charge in [-0.15, -0.1) is 0 Å². The fourth-order valence-electron chi connectivity index (χ4n) is 5.63. The fourth-order valence-corrected chi connectivity index (χ4v) is 5.63. The van der Waals surface area contributed by atoms with Crippen LogP contribution in [-0.2, 0) is 16.1 Å². The number of fused-ring (bicyclic) bond motifs is 1. The molecule has 200 valence electrons. The van der Waals surface area contributed by atoms with Crippen molar-refractivity contribution in [2.45, 2.75) is 52.0 Å². The minimum absolute atomic E-state index is 0.102. The Morgan fingerprint density at radius 1 is 1.13 bits per heavy atom. The lowest BCUT2D eigenvalue weighted by Gasteiger charge is -2.28. The van der Waals surface area contributed by atoms with E-state index in [2.05, 4.69) is 34.1 Å². The molecule has 8 nitrogen and oxygen atoms in total. The van der Waals surface area contributed by atoms with E-state index in [-0.39, 0.29) is 18.2 Å². The maximum absolute atomic E-state index is 12.9. The van der Waals surface area contributed by atoms with Gasteiger partial charge in [-0.3, -0.25) is 4.79 Å². The SMILES string of the molecule is Cc1cc(-c2nc(C#N)nc3c2ccn3CC(=O)CC2CCN(C)CC2)ccc1OCCC1CCOCC1. The van der Waals surface area contributed by atoms with Crippen LogP contribution in [0.25, 0.3) is 22.3 Å². The highest BCUT2D eigenvalue weighted by molar-refractivity contribution is 5.92. The van der Waals surface area contributed by atoms with E-state index in [1.807, 2.05) is 35.9 Å². The number of hydrogen-bond donors (Lipinski definition) is 0. The third-order valence-corrected chi connectivity index (χ3v) is 7.99. The van der Waals surface area contributed by atoms with Crippen LogP contribution < -0.4 is 4.74 Å². The predicted molar refractivity (Wildman–Crippen MR) is 146 cm³/mol. The number of ketones is 1. The molecule has 0 spiro atoms. The number of aryl methyl sites for hydroxylation is 1. The molecule has 0 saturated carbocycles. The minimum atomic E-state index is 0.102. The van der Waals surface area contributed by atoms with Gasteiger partial charge in [0, 0.05) is 36.8 Å². The lowest BCUT2D eigenvalue weighted by atomic mass is 9.92. The second-order valence-electron chi connectivity index (χ2n) is 10.9. The van der Waals surface area contributed by atoms with Crippen molar-refractivity contribution in [2.24, 2.45) is 11.8 Å². The molecule has 8 heteroatoms. The van der Waals surface area contributed by atoms with Crippen molar-refractivity contribution in [1.29, 1.82) is 5.26 Å². The number of nitriles is 1. The Balaban J connectivity index is 1.31. The monoisotopic (exact) mass is 515 g/mol. The van der Waals surface area contributed by atoms with Gasteiger partial charge < -0.3 is 18.9 Å². The van der Waals surface area contributed by atoms with Gasteiger partial charge >= 0.3 is 0 Å². The third-order valence-electron chi connectivity index (χ3n) is 7.99. The number of Topliss-reactive ketones (excluding diaryl/α,β-unsaturated/α-hetero) is 1. The number of rotatable bonds is 9. The highest BCUT2D eigenvalue weighted by atomic mass is 16.5. The molecular formula is C30H37N5O3. The average molecular weight is 516 g/mol. The Morgan fingerprint density at radius 2 is 1.92 bits per heavy atom. The van der Waals surface area contributed by atoms with Crippen LogP contribution in [0.5, 0.6) is 5.75 Å². The molecule has 2 aromatic heterocycles. The molecule has 0 atom stereocenters. The van der Waals surface area contributed by atoms with E-state index < -0.39 is 0 Å². The normalized spacial score (nSPS) is 17.5. The molecule has 4 heterocycles. The average Bonchev–Trinajstić information content (AvgIpc) is 3.33. The first-order chi connectivity index (χ1) is 18.5. The van der Waals surface area contributed by atoms with E-state index in [4.69, 9.17) is 9.47 Å². The van der Waals surface area contributed by atoms with Gasteiger partial charge in [-0.25, -0.2) is 9.97 Å². The number of carbonyl (C=O) groups excluding carboxylic acids is 1. The standard InChI is InChI=1S/C30H37N5O3/c1-21-17-24(3-4-27(21)38-16-10-22-8-14-37-15-9-22)29-26-7-13-35(30(26)33-28(19-31)32-29)20-25(36)18-23-5-11-34(2)12-6-23/h3-4,7,13,17,22-23H,5-6,8-12,14-16,18,20H2,1-2H3. The van der Waals surface area contributed by atoms with E-state index in [0.717, 1.165) is 80.7 Å². The van der Waals surface area contributed by atoms with Crippen LogP contribution in [0.15, 0.2) is 30.5 Å². The van der Waals surface area contributed by atoms with Crippen molar-refractivity contribution in [2.75, 3.05) is 40.0 Å². The van der Waals surface area contributed by atoms with E-state index in [1.165, 1.54) is 0 Å². The molecule has 0 bridgehead atoms. The molecule has 0 amide bonds. The molecule has 0 radical (unpaired) electrons. The van der Waals surface area contributed by atoms with Crippen LogP contribution >= 0.6 is 0 Å². The lowest BCUT2D eigenvalue weighted by molar-refractivity contribution is -0.120. The highest BCUT2D eigenvalue weighted by Gasteiger charge is 2.21. The van der Waals surface area contributed by atoms with Gasteiger partial charge in [-0.1, -0.05) is 0 Å². The fraction of sp³-hybridized carbons (Fsp3) is 0.533. The molecule has 2 aliphatic rings. The summed E-state index contributed by atoms with van der Waals surface area (Å²) in [6, 6.07) is 10.1. The molecular weight excluding hydrogens is 478 g/mol. The molecule has 1 aromatic carbocycles. The van der Waals surface area contributed by atoms with Crippen LogP contribution in [-0.4, -0.2) is 65.2 Å². The van der Waals surface area contributed by atoms with Gasteiger partial charge in [0.1, 0.15) is 17.5 Å². The molecule has 2 saturated heterocycles. The summed E-state index contributed by atoms with van der Waals surface area (Å²) < 4.78 is 13.4.